The zero-order valence-electron chi connectivity index (χ0n) is 14.0. The van der Waals surface area contributed by atoms with Crippen LogP contribution in [0.4, 0.5) is 17.2 Å². The zero-order chi connectivity index (χ0) is 16.6. The van der Waals surface area contributed by atoms with Gasteiger partial charge in [-0.3, -0.25) is 0 Å². The summed E-state index contributed by atoms with van der Waals surface area (Å²) in [6, 6.07) is 8.56. The number of rotatable bonds is 3. The first-order chi connectivity index (χ1) is 12.4. The van der Waals surface area contributed by atoms with Crippen LogP contribution in [0.2, 0.25) is 0 Å². The van der Waals surface area contributed by atoms with E-state index in [2.05, 4.69) is 49.5 Å². The van der Waals surface area contributed by atoms with E-state index in [0.717, 1.165) is 62.8 Å². The molecule has 0 atom stereocenters. The van der Waals surface area contributed by atoms with Gasteiger partial charge in [0.1, 0.15) is 12.1 Å². The molecule has 0 bridgehead atoms. The molecule has 0 saturated carbocycles. The second kappa shape index (κ2) is 6.00. The van der Waals surface area contributed by atoms with Crippen LogP contribution in [0.15, 0.2) is 30.6 Å². The molecule has 2 aromatic heterocycles. The van der Waals surface area contributed by atoms with Crippen LogP contribution in [0.1, 0.15) is 17.7 Å². The Kier molecular flexibility index (Phi) is 3.52. The van der Waals surface area contributed by atoms with Gasteiger partial charge < -0.3 is 15.0 Å². The maximum absolute atomic E-state index is 5.42. The van der Waals surface area contributed by atoms with Gasteiger partial charge in [-0.05, 0) is 43.5 Å². The van der Waals surface area contributed by atoms with Crippen molar-refractivity contribution in [3.05, 3.63) is 41.9 Å². The van der Waals surface area contributed by atoms with Crippen LogP contribution in [0.5, 0.6) is 0 Å². The van der Waals surface area contributed by atoms with Gasteiger partial charge in [0.2, 0.25) is 0 Å². The lowest BCUT2D eigenvalue weighted by Crippen LogP contribution is -2.36. The average molecular weight is 336 g/mol. The maximum atomic E-state index is 5.42. The van der Waals surface area contributed by atoms with Gasteiger partial charge in [0.15, 0.2) is 0 Å². The molecule has 0 unspecified atom stereocenters. The summed E-state index contributed by atoms with van der Waals surface area (Å²) in [4.78, 5) is 11.2. The van der Waals surface area contributed by atoms with Crippen LogP contribution in [-0.4, -0.2) is 45.9 Å². The van der Waals surface area contributed by atoms with Crippen molar-refractivity contribution in [1.82, 2.24) is 19.6 Å². The predicted octanol–water partition coefficient (Wildman–Crippen LogP) is 2.19. The molecule has 0 spiro atoms. The predicted molar refractivity (Wildman–Crippen MR) is 95.6 cm³/mol. The largest absolute Gasteiger partial charge is 0.378 e. The summed E-state index contributed by atoms with van der Waals surface area (Å²) in [6.45, 7) is 3.50. The van der Waals surface area contributed by atoms with E-state index < -0.39 is 0 Å². The fraction of sp³-hybridized carbons (Fsp3) is 0.389. The Labute approximate surface area is 145 Å². The standard InChI is InChI=1S/C18H20N6O/c1-2-15-16(3-1)22-18-19-12-20-24(18)17(15)21-13-4-6-14(7-5-13)23-8-10-25-11-9-23/h4-7,12,21H,1-3,8-11H2. The van der Waals surface area contributed by atoms with Crippen LogP contribution in [0, 0.1) is 0 Å². The van der Waals surface area contributed by atoms with Gasteiger partial charge in [-0.15, -0.1) is 0 Å². The van der Waals surface area contributed by atoms with Crippen molar-refractivity contribution in [3.63, 3.8) is 0 Å². The molecule has 5 rings (SSSR count). The minimum absolute atomic E-state index is 0.660. The Morgan fingerprint density at radius 3 is 2.72 bits per heavy atom. The molecule has 2 aliphatic rings. The number of anilines is 3. The summed E-state index contributed by atoms with van der Waals surface area (Å²) in [6.07, 6.45) is 4.75. The van der Waals surface area contributed by atoms with Crippen molar-refractivity contribution in [2.45, 2.75) is 19.3 Å². The van der Waals surface area contributed by atoms with E-state index in [1.165, 1.54) is 11.3 Å². The topological polar surface area (TPSA) is 67.6 Å². The number of fused-ring (bicyclic) bond motifs is 2. The van der Waals surface area contributed by atoms with Crippen molar-refractivity contribution >= 4 is 23.0 Å². The molecule has 1 fully saturated rings. The quantitative estimate of drug-likeness (QED) is 0.791. The summed E-state index contributed by atoms with van der Waals surface area (Å²) in [5.41, 5.74) is 4.69. The van der Waals surface area contributed by atoms with E-state index in [1.54, 1.807) is 10.8 Å². The van der Waals surface area contributed by atoms with E-state index >= 15 is 0 Å². The van der Waals surface area contributed by atoms with Crippen molar-refractivity contribution in [2.75, 3.05) is 36.5 Å². The highest BCUT2D eigenvalue weighted by Crippen LogP contribution is 2.30. The molecular formula is C18H20N6O. The molecule has 25 heavy (non-hydrogen) atoms. The molecule has 1 saturated heterocycles. The van der Waals surface area contributed by atoms with Crippen molar-refractivity contribution < 1.29 is 4.74 Å². The highest BCUT2D eigenvalue weighted by atomic mass is 16.5. The van der Waals surface area contributed by atoms with Crippen LogP contribution in [0.3, 0.4) is 0 Å². The smallest absolute Gasteiger partial charge is 0.254 e. The summed E-state index contributed by atoms with van der Waals surface area (Å²) in [5, 5.41) is 7.88. The Morgan fingerprint density at radius 2 is 1.88 bits per heavy atom. The number of benzene rings is 1. The lowest BCUT2D eigenvalue weighted by atomic mass is 10.2. The van der Waals surface area contributed by atoms with Gasteiger partial charge in [-0.2, -0.15) is 14.6 Å². The lowest BCUT2D eigenvalue weighted by Gasteiger charge is -2.29. The molecule has 1 aliphatic heterocycles. The van der Waals surface area contributed by atoms with Gasteiger partial charge in [0.05, 0.1) is 18.9 Å². The lowest BCUT2D eigenvalue weighted by molar-refractivity contribution is 0.122. The molecule has 1 aromatic carbocycles. The van der Waals surface area contributed by atoms with Gasteiger partial charge in [0.25, 0.3) is 5.78 Å². The number of nitrogens with one attached hydrogen (secondary N) is 1. The monoisotopic (exact) mass is 336 g/mol. The Hall–Kier alpha value is -2.67. The third-order valence-electron chi connectivity index (χ3n) is 4.96. The van der Waals surface area contributed by atoms with Gasteiger partial charge >= 0.3 is 0 Å². The number of ether oxygens (including phenoxy) is 1. The SMILES string of the molecule is c1nc2nc3c(c(Nc4ccc(N5CCOCC5)cc4)n2n1)CCC3. The summed E-state index contributed by atoms with van der Waals surface area (Å²) in [7, 11) is 0. The van der Waals surface area contributed by atoms with Gasteiger partial charge in [0, 0.05) is 30.0 Å². The Balaban J connectivity index is 1.46. The fourth-order valence-corrected chi connectivity index (χ4v) is 3.67. The minimum Gasteiger partial charge on any atom is -0.378 e. The molecule has 1 aliphatic carbocycles. The number of nitrogens with zero attached hydrogens (tertiary/aromatic N) is 5. The molecule has 0 radical (unpaired) electrons. The second-order valence-electron chi connectivity index (χ2n) is 6.48. The van der Waals surface area contributed by atoms with Gasteiger partial charge in [-0.25, -0.2) is 4.98 Å². The van der Waals surface area contributed by atoms with E-state index in [0.29, 0.717) is 5.78 Å². The fourth-order valence-electron chi connectivity index (χ4n) is 3.67. The summed E-state index contributed by atoms with van der Waals surface area (Å²) >= 11 is 0. The van der Waals surface area contributed by atoms with Crippen LogP contribution < -0.4 is 10.2 Å². The molecule has 7 heteroatoms. The first-order valence-electron chi connectivity index (χ1n) is 8.80. The molecule has 7 nitrogen and oxygen atoms in total. The van der Waals surface area contributed by atoms with E-state index in [9.17, 15) is 0 Å². The molecule has 3 heterocycles. The zero-order valence-corrected chi connectivity index (χ0v) is 14.0. The van der Waals surface area contributed by atoms with Crippen LogP contribution >= 0.6 is 0 Å². The third-order valence-corrected chi connectivity index (χ3v) is 4.96. The van der Waals surface area contributed by atoms with E-state index in [-0.39, 0.29) is 0 Å². The molecule has 1 N–H and O–H groups in total. The molecular weight excluding hydrogens is 316 g/mol. The number of hydrogen-bond acceptors (Lipinski definition) is 6. The highest BCUT2D eigenvalue weighted by Gasteiger charge is 2.21. The number of aryl methyl sites for hydroxylation is 1. The van der Waals surface area contributed by atoms with Crippen molar-refractivity contribution in [3.8, 4) is 0 Å². The third kappa shape index (κ3) is 2.60. The Morgan fingerprint density at radius 1 is 1.04 bits per heavy atom. The van der Waals surface area contributed by atoms with Gasteiger partial charge in [-0.1, -0.05) is 0 Å². The average Bonchev–Trinajstić information content (AvgIpc) is 3.32. The normalized spacial score (nSPS) is 17.0. The molecule has 0 amide bonds. The first kappa shape index (κ1) is 14.7. The maximum Gasteiger partial charge on any atom is 0.254 e. The molecule has 3 aromatic rings. The Bertz CT molecular complexity index is 898. The number of hydrogen-bond donors (Lipinski definition) is 1. The minimum atomic E-state index is 0.660. The first-order valence-corrected chi connectivity index (χ1v) is 8.80. The van der Waals surface area contributed by atoms with Crippen molar-refractivity contribution in [1.29, 1.82) is 0 Å². The molecule has 128 valence electrons. The second-order valence-corrected chi connectivity index (χ2v) is 6.48. The number of morpholine rings is 1. The van der Waals surface area contributed by atoms with E-state index in [4.69, 9.17) is 4.74 Å². The highest BCUT2D eigenvalue weighted by molar-refractivity contribution is 5.65. The summed E-state index contributed by atoms with van der Waals surface area (Å²) < 4.78 is 7.23. The number of aromatic nitrogens is 4. The summed E-state index contributed by atoms with van der Waals surface area (Å²) in [5.74, 6) is 1.65. The van der Waals surface area contributed by atoms with Crippen LogP contribution in [0.25, 0.3) is 5.78 Å². The van der Waals surface area contributed by atoms with E-state index in [1.807, 2.05) is 0 Å². The van der Waals surface area contributed by atoms with Crippen molar-refractivity contribution in [2.24, 2.45) is 0 Å². The van der Waals surface area contributed by atoms with Crippen LogP contribution in [-0.2, 0) is 17.6 Å².